The number of nitrogens with zero attached hydrogens (tertiary/aromatic N) is 4. The lowest BCUT2D eigenvalue weighted by molar-refractivity contribution is -0.140. The van der Waals surface area contributed by atoms with E-state index in [1.165, 1.54) is 0 Å². The molecule has 3 aliphatic heterocycles. The van der Waals surface area contributed by atoms with Gasteiger partial charge in [0, 0.05) is 76.0 Å². The van der Waals surface area contributed by atoms with Gasteiger partial charge < -0.3 is 24.7 Å². The number of carbonyl (C=O) groups is 5. The maximum absolute atomic E-state index is 13.3. The molecule has 5 amide bonds. The quantitative estimate of drug-likeness (QED) is 0.102. The highest BCUT2D eigenvalue weighted by molar-refractivity contribution is 6.25. The van der Waals surface area contributed by atoms with Gasteiger partial charge in [0.25, 0.3) is 17.4 Å². The van der Waals surface area contributed by atoms with Crippen molar-refractivity contribution in [3.8, 4) is 22.6 Å². The normalized spacial score (nSPS) is 17.4. The lowest BCUT2D eigenvalue weighted by Crippen LogP contribution is -2.61. The highest BCUT2D eigenvalue weighted by Crippen LogP contribution is 2.40. The fourth-order valence-electron chi connectivity index (χ4n) is 8.51. The minimum Gasteiger partial charge on any atom is -0.496 e. The molecule has 2 aromatic heterocycles. The van der Waals surface area contributed by atoms with Gasteiger partial charge in [-0.15, -0.1) is 0 Å². The molecule has 59 heavy (non-hydrogen) atoms. The van der Waals surface area contributed by atoms with Crippen LogP contribution in [0.4, 0.5) is 5.69 Å². The van der Waals surface area contributed by atoms with Gasteiger partial charge in [0.15, 0.2) is 0 Å². The topological polar surface area (TPSA) is 181 Å². The Morgan fingerprint density at radius 2 is 1.59 bits per heavy atom. The number of piperidine rings is 1. The number of pyridine rings is 2. The molecule has 5 heterocycles. The van der Waals surface area contributed by atoms with Gasteiger partial charge in [0.2, 0.25) is 17.7 Å². The van der Waals surface area contributed by atoms with E-state index in [2.05, 4.69) is 25.8 Å². The van der Waals surface area contributed by atoms with E-state index in [0.29, 0.717) is 55.3 Å². The summed E-state index contributed by atoms with van der Waals surface area (Å²) in [4.78, 5) is 83.7. The van der Waals surface area contributed by atoms with Gasteiger partial charge in [0.05, 0.1) is 41.7 Å². The Balaban J connectivity index is 0.816. The zero-order valence-electron chi connectivity index (χ0n) is 34.0. The van der Waals surface area contributed by atoms with Crippen LogP contribution in [0.25, 0.3) is 21.9 Å². The number of anilines is 1. The standard InChI is InChI=1S/C44H51N7O8/c1-44(25-50(26-44)24-32-35(58-3)20-27(21-36(32)59-4)31-23-49(2)40(54)30-22-45-19-16-28(30)31)43(57)47-18-10-8-6-5-7-9-17-46-33-13-11-12-29-38(33)42(56)51(41(29)55)34-14-15-37(52)48-39(34)53/h11-13,16,19-23,34,46H,5-10,14-15,17-18,24-26H2,1-4H3,(H,47,57)(H,48,52,53). The number of ether oxygens (including phenoxy) is 2. The van der Waals surface area contributed by atoms with Gasteiger partial charge in [-0.25, -0.2) is 0 Å². The van der Waals surface area contributed by atoms with Crippen LogP contribution in [0.2, 0.25) is 0 Å². The van der Waals surface area contributed by atoms with Gasteiger partial charge >= 0.3 is 0 Å². The molecule has 0 radical (unpaired) electrons. The Bertz CT molecular complexity index is 2340. The first-order valence-electron chi connectivity index (χ1n) is 20.2. The maximum atomic E-state index is 13.3. The van der Waals surface area contributed by atoms with E-state index in [1.54, 1.807) is 56.4 Å². The lowest BCUT2D eigenvalue weighted by atomic mass is 9.80. The van der Waals surface area contributed by atoms with Crippen LogP contribution in [-0.2, 0) is 28.0 Å². The van der Waals surface area contributed by atoms with Gasteiger partial charge in [-0.2, -0.15) is 0 Å². The average molecular weight is 806 g/mol. The van der Waals surface area contributed by atoms with E-state index in [0.717, 1.165) is 65.5 Å². The second kappa shape index (κ2) is 17.4. The predicted molar refractivity (Wildman–Crippen MR) is 221 cm³/mol. The molecule has 1 unspecified atom stereocenters. The van der Waals surface area contributed by atoms with Crippen molar-refractivity contribution in [2.45, 2.75) is 70.9 Å². The highest BCUT2D eigenvalue weighted by atomic mass is 16.5. The van der Waals surface area contributed by atoms with Crippen LogP contribution in [0.3, 0.4) is 0 Å². The number of amides is 5. The van der Waals surface area contributed by atoms with Crippen LogP contribution in [0.15, 0.2) is 59.8 Å². The molecule has 2 saturated heterocycles. The third-order valence-corrected chi connectivity index (χ3v) is 11.7. The van der Waals surface area contributed by atoms with Crippen LogP contribution in [0.1, 0.15) is 84.6 Å². The minimum atomic E-state index is -0.994. The molecular weight excluding hydrogens is 755 g/mol. The Morgan fingerprint density at radius 3 is 2.29 bits per heavy atom. The van der Waals surface area contributed by atoms with Crippen molar-refractivity contribution >= 4 is 46.0 Å². The van der Waals surface area contributed by atoms with Crippen LogP contribution >= 0.6 is 0 Å². The predicted octanol–water partition coefficient (Wildman–Crippen LogP) is 4.41. The summed E-state index contributed by atoms with van der Waals surface area (Å²) in [6.07, 6.45) is 11.1. The number of methoxy groups -OCH3 is 2. The molecule has 2 fully saturated rings. The molecule has 0 aliphatic carbocycles. The van der Waals surface area contributed by atoms with Crippen LogP contribution in [-0.4, -0.2) is 95.3 Å². The molecule has 1 atom stereocenters. The monoisotopic (exact) mass is 805 g/mol. The molecule has 7 rings (SSSR count). The van der Waals surface area contributed by atoms with Gasteiger partial charge in [0.1, 0.15) is 17.5 Å². The molecule has 2 aromatic carbocycles. The van der Waals surface area contributed by atoms with E-state index in [-0.39, 0.29) is 35.4 Å². The number of carbonyl (C=O) groups excluding carboxylic acids is 5. The molecule has 3 N–H and O–H groups in total. The van der Waals surface area contributed by atoms with Gasteiger partial charge in [-0.05, 0) is 67.5 Å². The zero-order valence-corrected chi connectivity index (χ0v) is 34.0. The van der Waals surface area contributed by atoms with E-state index in [1.807, 2.05) is 31.3 Å². The molecule has 0 saturated carbocycles. The largest absolute Gasteiger partial charge is 0.496 e. The van der Waals surface area contributed by atoms with E-state index in [4.69, 9.17) is 9.47 Å². The molecule has 0 spiro atoms. The maximum Gasteiger partial charge on any atom is 0.264 e. The van der Waals surface area contributed by atoms with Crippen molar-refractivity contribution in [3.63, 3.8) is 0 Å². The average Bonchev–Trinajstić information content (AvgIpc) is 3.47. The molecule has 4 aromatic rings. The van der Waals surface area contributed by atoms with Crippen molar-refractivity contribution in [1.82, 2.24) is 30.0 Å². The molecule has 15 nitrogen and oxygen atoms in total. The number of benzene rings is 2. The summed E-state index contributed by atoms with van der Waals surface area (Å²) in [6, 6.07) is 9.84. The Labute approximate surface area is 342 Å². The Kier molecular flexibility index (Phi) is 12.1. The number of aryl methyl sites for hydroxylation is 1. The number of hydrogen-bond donors (Lipinski definition) is 3. The van der Waals surface area contributed by atoms with Crippen molar-refractivity contribution in [2.24, 2.45) is 12.5 Å². The third kappa shape index (κ3) is 8.29. The van der Waals surface area contributed by atoms with Crippen molar-refractivity contribution in [1.29, 1.82) is 0 Å². The summed E-state index contributed by atoms with van der Waals surface area (Å²) in [7, 11) is 4.98. The van der Waals surface area contributed by atoms with Crippen LogP contribution in [0, 0.1) is 5.41 Å². The minimum absolute atomic E-state index is 0.0537. The molecule has 15 heteroatoms. The summed E-state index contributed by atoms with van der Waals surface area (Å²) in [6.45, 7) is 5.00. The van der Waals surface area contributed by atoms with Gasteiger partial charge in [-0.3, -0.25) is 48.9 Å². The molecule has 3 aliphatic rings. The first-order valence-corrected chi connectivity index (χ1v) is 20.2. The smallest absolute Gasteiger partial charge is 0.264 e. The first-order chi connectivity index (χ1) is 28.4. The first kappa shape index (κ1) is 41.1. The summed E-state index contributed by atoms with van der Waals surface area (Å²) in [5.41, 5.74) is 3.09. The highest BCUT2D eigenvalue weighted by Gasteiger charge is 2.46. The Morgan fingerprint density at radius 1 is 0.898 bits per heavy atom. The number of nitrogens with one attached hydrogen (secondary N) is 3. The number of unbranched alkanes of at least 4 members (excludes halogenated alkanes) is 5. The van der Waals surface area contributed by atoms with E-state index >= 15 is 0 Å². The van der Waals surface area contributed by atoms with Crippen molar-refractivity contribution in [2.75, 3.05) is 45.7 Å². The molecule has 0 bridgehead atoms. The fourth-order valence-corrected chi connectivity index (χ4v) is 8.51. The molecule has 310 valence electrons. The third-order valence-electron chi connectivity index (χ3n) is 11.7. The number of aromatic nitrogens is 2. The number of likely N-dealkylation sites (tertiary alicyclic amines) is 1. The number of rotatable bonds is 17. The summed E-state index contributed by atoms with van der Waals surface area (Å²) in [5.74, 6) is -0.683. The number of hydrogen-bond acceptors (Lipinski definition) is 11. The van der Waals surface area contributed by atoms with E-state index < -0.39 is 35.1 Å². The zero-order chi connectivity index (χ0) is 41.8. The number of imide groups is 2. The second-order valence-electron chi connectivity index (χ2n) is 15.9. The Hall–Kier alpha value is -6.09. The summed E-state index contributed by atoms with van der Waals surface area (Å²) >= 11 is 0. The molecular formula is C44H51N7O8. The fraction of sp³-hybridized carbons (Fsp3) is 0.432. The van der Waals surface area contributed by atoms with Gasteiger partial charge in [-0.1, -0.05) is 31.7 Å². The van der Waals surface area contributed by atoms with Crippen molar-refractivity contribution in [3.05, 3.63) is 82.0 Å². The lowest BCUT2D eigenvalue weighted by Gasteiger charge is -2.47. The second-order valence-corrected chi connectivity index (χ2v) is 15.9. The van der Waals surface area contributed by atoms with Crippen LogP contribution < -0.4 is 31.0 Å². The van der Waals surface area contributed by atoms with Crippen LogP contribution in [0.5, 0.6) is 11.5 Å². The van der Waals surface area contributed by atoms with E-state index in [9.17, 15) is 28.8 Å². The summed E-state index contributed by atoms with van der Waals surface area (Å²) in [5, 5.41) is 10.0. The number of fused-ring (bicyclic) bond motifs is 2. The van der Waals surface area contributed by atoms with Crippen molar-refractivity contribution < 1.29 is 33.4 Å². The SMILES string of the molecule is COc1cc(-c2cn(C)c(=O)c3cnccc23)cc(OC)c1CN1CC(C)(C(=O)NCCCCCCCCNc2cccc3c2C(=O)N(C2CCC(=O)NC2=O)C3=O)C1. The summed E-state index contributed by atoms with van der Waals surface area (Å²) < 4.78 is 13.3.